The van der Waals surface area contributed by atoms with Crippen molar-refractivity contribution in [3.8, 4) is 33.9 Å². The number of aliphatic hydroxyl groups excluding tert-OH is 3. The Labute approximate surface area is 580 Å². The zero-order valence-electron chi connectivity index (χ0n) is 56.1. The highest BCUT2D eigenvalue weighted by molar-refractivity contribution is 7.22. The number of aliphatic carboxylic acids is 1. The zero-order valence-corrected chi connectivity index (χ0v) is 56.9. The van der Waals surface area contributed by atoms with Crippen LogP contribution < -0.4 is 20.1 Å². The van der Waals surface area contributed by atoms with Crippen molar-refractivity contribution < 1.29 is 87.5 Å². The number of anilines is 1. The zero-order chi connectivity index (χ0) is 70.9. The SMILES string of the molecule is Cc1c(-c2ccc(-c3ccc4nccc(C(=O)Nc5nc6ccccc6s5)c4c3)nc2C(=O)O)cnn1CC12CCCC(C)(CC(C)(CCOCCN(C)C(=O)OCc3ccc(OCCOCCNC(=O)CCCCCN4C(=O)C=CC4=O)cc3O[C@@H]3O[C@H](C(=O)O)[C@@H](O)[C@H](O)[C@H]3O)C1)C2. The fraction of sp³-hybridized carbons (Fsp3) is 0.458. The van der Waals surface area contributed by atoms with Gasteiger partial charge in [-0.25, -0.2) is 24.4 Å². The van der Waals surface area contributed by atoms with Crippen molar-refractivity contribution in [1.29, 1.82) is 0 Å². The Morgan fingerprint density at radius 2 is 1.61 bits per heavy atom. The summed E-state index contributed by atoms with van der Waals surface area (Å²) < 4.78 is 37.7. The number of pyridine rings is 2. The number of rotatable bonds is 31. The van der Waals surface area contributed by atoms with Crippen LogP contribution in [-0.4, -0.2) is 192 Å². The molecule has 1 saturated heterocycles. The molecule has 7 N–H and O–H groups in total. The van der Waals surface area contributed by atoms with Gasteiger partial charge >= 0.3 is 18.0 Å². The summed E-state index contributed by atoms with van der Waals surface area (Å²) in [7, 11) is 1.57. The summed E-state index contributed by atoms with van der Waals surface area (Å²) in [6.07, 6.45) is 4.55. The number of nitrogens with one attached hydrogen (secondary N) is 2. The Kier molecular flexibility index (Phi) is 22.7. The van der Waals surface area contributed by atoms with Crippen molar-refractivity contribution in [2.75, 3.05) is 65.0 Å². The largest absolute Gasteiger partial charge is 0.491 e. The lowest BCUT2D eigenvalue weighted by Crippen LogP contribution is -2.61. The van der Waals surface area contributed by atoms with Crippen molar-refractivity contribution in [1.82, 2.24) is 39.8 Å². The molecule has 3 aromatic carbocycles. The number of aromatic carboxylic acids is 1. The smallest absolute Gasteiger partial charge is 0.409 e. The number of aromatic nitrogens is 5. The van der Waals surface area contributed by atoms with Crippen molar-refractivity contribution in [3.05, 3.63) is 126 Å². The quantitative estimate of drug-likeness (QED) is 0.0158. The number of likely N-dealkylation sites (N-methyl/N-ethyl adjacent to an activating group) is 1. The van der Waals surface area contributed by atoms with Gasteiger partial charge in [0.2, 0.25) is 12.2 Å². The standard InChI is InChI=1S/C72H83N9O18S/c1-43-50(47-17-19-51(76-59(47)65(89)90)44-15-18-52-49(35-44)48(22-26-73-52)64(88)78-68-77-53-11-7-8-12-55(53)100-68)37-75-81(43)42-72-24-10-23-70(2,40-72)39-71(3,41-72)25-30-94-32-29-79(4)69(93)97-38-45-14-16-46(36-54(45)98-67-62(87)60(85)61(86)63(99-67)66(91)92)96-34-33-95-31-27-74-56(82)13-6-5-9-28-80-57(83)20-21-58(80)84/h7-8,11-12,14-22,26,35-37,60-63,67,85-87H,5-6,9-10,13,23-25,27-34,38-42H2,1-4H3,(H,74,82)(H,89,90)(H,91,92)(H,77,78,88)/t60-,61-,62+,63-,67+,70?,71?,72?/m0/s1. The summed E-state index contributed by atoms with van der Waals surface area (Å²) in [4.78, 5) is 104. The van der Waals surface area contributed by atoms with Gasteiger partial charge in [-0.3, -0.25) is 39.1 Å². The van der Waals surface area contributed by atoms with Gasteiger partial charge in [-0.15, -0.1) is 0 Å². The van der Waals surface area contributed by atoms with Crippen LogP contribution in [0.4, 0.5) is 9.93 Å². The number of imide groups is 1. The molecule has 100 heavy (non-hydrogen) atoms. The number of benzene rings is 3. The topological polar surface area (TPSA) is 363 Å². The molecule has 4 aromatic heterocycles. The summed E-state index contributed by atoms with van der Waals surface area (Å²) >= 11 is 1.38. The molecule has 0 radical (unpaired) electrons. The van der Waals surface area contributed by atoms with Gasteiger partial charge in [-0.2, -0.15) is 5.10 Å². The number of hydrogen-bond donors (Lipinski definition) is 7. The third kappa shape index (κ3) is 17.1. The predicted molar refractivity (Wildman–Crippen MR) is 365 cm³/mol. The summed E-state index contributed by atoms with van der Waals surface area (Å²) in [6.45, 7) is 8.67. The molecule has 7 aromatic rings. The van der Waals surface area contributed by atoms with Crippen LogP contribution in [0, 0.1) is 23.2 Å². The maximum absolute atomic E-state index is 13.7. The van der Waals surface area contributed by atoms with Crippen molar-refractivity contribution in [3.63, 3.8) is 0 Å². The second kappa shape index (κ2) is 31.5. The van der Waals surface area contributed by atoms with Crippen molar-refractivity contribution in [2.24, 2.45) is 16.2 Å². The first-order chi connectivity index (χ1) is 48.0. The van der Waals surface area contributed by atoms with Crippen LogP contribution in [0.3, 0.4) is 0 Å². The van der Waals surface area contributed by atoms with E-state index >= 15 is 0 Å². The van der Waals surface area contributed by atoms with Gasteiger partial charge in [0.25, 0.3) is 17.7 Å². The molecule has 530 valence electrons. The van der Waals surface area contributed by atoms with Gasteiger partial charge in [0.15, 0.2) is 16.9 Å². The maximum Gasteiger partial charge on any atom is 0.409 e. The monoisotopic (exact) mass is 1390 g/mol. The molecule has 2 bridgehead atoms. The number of carboxylic acids is 2. The number of nitrogens with zero attached hydrogens (tertiary/aromatic N) is 7. The van der Waals surface area contributed by atoms with E-state index in [1.54, 1.807) is 55.8 Å². The molecule has 27 nitrogen and oxygen atoms in total. The van der Waals surface area contributed by atoms with Gasteiger partial charge in [0.1, 0.15) is 43.0 Å². The van der Waals surface area contributed by atoms with Crippen LogP contribution >= 0.6 is 11.3 Å². The average Bonchev–Trinajstić information content (AvgIpc) is 0.950. The third-order valence-electron chi connectivity index (χ3n) is 19.1. The average molecular weight is 1390 g/mol. The fourth-order valence-corrected chi connectivity index (χ4v) is 15.4. The molecule has 3 unspecified atom stereocenters. The lowest BCUT2D eigenvalue weighted by molar-refractivity contribution is -0.271. The third-order valence-corrected chi connectivity index (χ3v) is 20.1. The normalized spacial score (nSPS) is 22.6. The molecule has 8 atom stereocenters. The van der Waals surface area contributed by atoms with E-state index in [0.29, 0.717) is 82.9 Å². The van der Waals surface area contributed by atoms with E-state index < -0.39 is 48.7 Å². The predicted octanol–water partition coefficient (Wildman–Crippen LogP) is 8.34. The van der Waals surface area contributed by atoms with Crippen LogP contribution in [0.25, 0.3) is 43.5 Å². The van der Waals surface area contributed by atoms with Crippen molar-refractivity contribution >= 4 is 79.2 Å². The highest BCUT2D eigenvalue weighted by Crippen LogP contribution is 2.63. The summed E-state index contributed by atoms with van der Waals surface area (Å²) in [5.41, 5.74) is 4.71. The first-order valence-electron chi connectivity index (χ1n) is 33.5. The van der Waals surface area contributed by atoms with Crippen LogP contribution in [-0.2, 0) is 51.3 Å². The summed E-state index contributed by atoms with van der Waals surface area (Å²) in [5, 5.41) is 63.7. The lowest BCUT2D eigenvalue weighted by Gasteiger charge is -2.58. The molecule has 2 aliphatic heterocycles. The fourth-order valence-electron chi connectivity index (χ4n) is 14.6. The number of thiazole rings is 1. The van der Waals surface area contributed by atoms with E-state index in [9.17, 15) is 59.1 Å². The second-order valence-electron chi connectivity index (χ2n) is 27.0. The van der Waals surface area contributed by atoms with E-state index in [0.717, 1.165) is 60.9 Å². The first-order valence-corrected chi connectivity index (χ1v) is 34.3. The van der Waals surface area contributed by atoms with E-state index in [4.69, 9.17) is 38.5 Å². The van der Waals surface area contributed by atoms with Crippen LogP contribution in [0.2, 0.25) is 0 Å². The number of fused-ring (bicyclic) bond motifs is 4. The molecule has 28 heteroatoms. The maximum atomic E-state index is 13.7. The van der Waals surface area contributed by atoms with Crippen molar-refractivity contribution in [2.45, 2.75) is 135 Å². The first kappa shape index (κ1) is 72.0. The lowest BCUT2D eigenvalue weighted by atomic mass is 9.48. The summed E-state index contributed by atoms with van der Waals surface area (Å²) in [5.74, 6) is -3.81. The number of ether oxygens (including phenoxy) is 6. The van der Waals surface area contributed by atoms with Gasteiger partial charge in [-0.05, 0) is 129 Å². The van der Waals surface area contributed by atoms with E-state index in [1.165, 1.54) is 45.4 Å². The Morgan fingerprint density at radius 3 is 2.40 bits per heavy atom. The minimum absolute atomic E-state index is 0.0407. The Balaban J connectivity index is 0.659. The van der Waals surface area contributed by atoms with E-state index in [2.05, 4.69) is 34.4 Å². The van der Waals surface area contributed by atoms with Crippen LogP contribution in [0.5, 0.6) is 11.5 Å². The highest BCUT2D eigenvalue weighted by Gasteiger charge is 2.53. The highest BCUT2D eigenvalue weighted by atomic mass is 32.1. The van der Waals surface area contributed by atoms with Crippen LogP contribution in [0.15, 0.2) is 103 Å². The molecule has 2 aliphatic carbocycles. The number of hydrogen-bond acceptors (Lipinski definition) is 21. The van der Waals surface area contributed by atoms with Gasteiger partial charge < -0.3 is 64.2 Å². The molecule has 3 fully saturated rings. The molecule has 0 spiro atoms. The molecule has 5 amide bonds. The number of para-hydroxylation sites is 1. The minimum atomic E-state index is -1.96. The van der Waals surface area contributed by atoms with Gasteiger partial charge in [-0.1, -0.05) is 56.2 Å². The number of carboxylic acid groups (broad SMARTS) is 2. The number of carbonyl (C=O) groups excluding carboxylic acids is 5. The second-order valence-corrected chi connectivity index (χ2v) is 28.0. The minimum Gasteiger partial charge on any atom is -0.491 e. The Morgan fingerprint density at radius 1 is 0.810 bits per heavy atom. The molecule has 2 saturated carbocycles. The van der Waals surface area contributed by atoms with Gasteiger partial charge in [0, 0.05) is 104 Å². The number of amides is 5. The van der Waals surface area contributed by atoms with E-state index in [-0.39, 0.29) is 115 Å². The number of unbranched alkanes of at least 4 members (excludes halogenated alkanes) is 2. The molecular formula is C72H83N9O18S. The van der Waals surface area contributed by atoms with Crippen LogP contribution in [0.1, 0.15) is 117 Å². The molecule has 11 rings (SSSR count). The summed E-state index contributed by atoms with van der Waals surface area (Å²) in [6, 6.07) is 22.7. The number of carbonyl (C=O) groups is 7. The van der Waals surface area contributed by atoms with Gasteiger partial charge in [0.05, 0.1) is 53.0 Å². The Bertz CT molecular complexity index is 4170. The van der Waals surface area contributed by atoms with E-state index in [1.807, 2.05) is 41.9 Å². The Hall–Kier alpha value is -9.29. The molecule has 6 heterocycles. The molecular weight excluding hydrogens is 1310 g/mol. The molecule has 4 aliphatic rings. The number of aliphatic hydroxyl groups is 3.